The second kappa shape index (κ2) is 7.50. The van der Waals surface area contributed by atoms with Crippen LogP contribution in [0.5, 0.6) is 0 Å². The first kappa shape index (κ1) is 19.1. The molecule has 27 heavy (non-hydrogen) atoms. The number of carbonyl (C=O) groups excluding carboxylic acids is 2. The van der Waals surface area contributed by atoms with Crippen LogP contribution in [0.25, 0.3) is 0 Å². The van der Waals surface area contributed by atoms with E-state index in [1.807, 2.05) is 6.20 Å². The van der Waals surface area contributed by atoms with Crippen LogP contribution in [0, 0.1) is 6.92 Å². The Kier molecular flexibility index (Phi) is 5.30. The summed E-state index contributed by atoms with van der Waals surface area (Å²) in [6.07, 6.45) is 5.56. The van der Waals surface area contributed by atoms with Gasteiger partial charge in [0.2, 0.25) is 0 Å². The summed E-state index contributed by atoms with van der Waals surface area (Å²) < 4.78 is 2.13. The first-order valence-electron chi connectivity index (χ1n) is 9.36. The number of H-pyrrole nitrogens is 1. The third kappa shape index (κ3) is 3.72. The molecule has 0 unspecified atom stereocenters. The zero-order valence-corrected chi connectivity index (χ0v) is 16.3. The Morgan fingerprint density at radius 2 is 2.04 bits per heavy atom. The monoisotopic (exact) mass is 370 g/mol. The third-order valence-electron chi connectivity index (χ3n) is 5.18. The van der Waals surface area contributed by atoms with Crippen LogP contribution < -0.4 is 5.56 Å². The summed E-state index contributed by atoms with van der Waals surface area (Å²) in [6, 6.07) is 1.73. The van der Waals surface area contributed by atoms with Gasteiger partial charge in [-0.2, -0.15) is 0 Å². The number of likely N-dealkylation sites (tertiary alicyclic amines) is 1. The number of pyridine rings is 1. The van der Waals surface area contributed by atoms with Crippen LogP contribution in [0.3, 0.4) is 0 Å². The van der Waals surface area contributed by atoms with Gasteiger partial charge >= 0.3 is 0 Å². The molecule has 1 atom stereocenters. The molecule has 144 valence electrons. The topological polar surface area (TPSA) is 88.1 Å². The minimum atomic E-state index is -0.451. The Morgan fingerprint density at radius 1 is 1.30 bits per heavy atom. The Morgan fingerprint density at radius 3 is 2.70 bits per heavy atom. The molecule has 7 heteroatoms. The van der Waals surface area contributed by atoms with Gasteiger partial charge in [0.1, 0.15) is 11.4 Å². The molecular formula is C20H26N4O3. The molecular weight excluding hydrogens is 344 g/mol. The predicted molar refractivity (Wildman–Crippen MR) is 102 cm³/mol. The fraction of sp³-hybridized carbons (Fsp3) is 0.500. The molecule has 1 saturated heterocycles. The number of hydrogen-bond donors (Lipinski definition) is 1. The lowest BCUT2D eigenvalue weighted by atomic mass is 9.96. The van der Waals surface area contributed by atoms with E-state index >= 15 is 0 Å². The number of hydrogen-bond acceptors (Lipinski definition) is 4. The van der Waals surface area contributed by atoms with Gasteiger partial charge in [0, 0.05) is 48.7 Å². The zero-order chi connectivity index (χ0) is 19.7. The lowest BCUT2D eigenvalue weighted by Crippen LogP contribution is -2.42. The van der Waals surface area contributed by atoms with Crippen molar-refractivity contribution in [3.63, 3.8) is 0 Å². The number of piperidine rings is 1. The standard InChI is InChI=1S/C20H26N4O3/c1-12(2)24-9-7-21-18(24)15-6-5-8-23(11-15)20(27)17-10-16(14(4)25)13(3)22-19(17)26/h7,9-10,12,15H,5-6,8,11H2,1-4H3,(H,22,26)/t15-/m1/s1. The lowest BCUT2D eigenvalue weighted by Gasteiger charge is -2.33. The molecule has 0 aliphatic carbocycles. The van der Waals surface area contributed by atoms with Crippen molar-refractivity contribution in [2.45, 2.75) is 52.5 Å². The number of carbonyl (C=O) groups is 2. The maximum Gasteiger partial charge on any atom is 0.261 e. The highest BCUT2D eigenvalue weighted by Crippen LogP contribution is 2.28. The highest BCUT2D eigenvalue weighted by molar-refractivity contribution is 5.99. The van der Waals surface area contributed by atoms with Gasteiger partial charge in [-0.25, -0.2) is 4.98 Å². The van der Waals surface area contributed by atoms with Crippen molar-refractivity contribution < 1.29 is 9.59 Å². The van der Waals surface area contributed by atoms with E-state index in [2.05, 4.69) is 28.4 Å². The molecule has 1 fully saturated rings. The molecule has 0 spiro atoms. The van der Waals surface area contributed by atoms with E-state index < -0.39 is 5.56 Å². The number of nitrogens with zero attached hydrogens (tertiary/aromatic N) is 3. The Balaban J connectivity index is 1.87. The van der Waals surface area contributed by atoms with Gasteiger partial charge < -0.3 is 14.5 Å². The normalized spacial score (nSPS) is 17.4. The molecule has 1 aliphatic heterocycles. The molecule has 1 N–H and O–H groups in total. The van der Waals surface area contributed by atoms with Crippen LogP contribution in [-0.2, 0) is 0 Å². The van der Waals surface area contributed by atoms with Gasteiger partial charge in [-0.15, -0.1) is 0 Å². The Labute approximate surface area is 158 Å². The van der Waals surface area contributed by atoms with Crippen molar-refractivity contribution in [3.05, 3.63) is 51.5 Å². The van der Waals surface area contributed by atoms with E-state index in [4.69, 9.17) is 0 Å². The van der Waals surface area contributed by atoms with E-state index in [1.165, 1.54) is 13.0 Å². The molecule has 3 heterocycles. The lowest BCUT2D eigenvalue weighted by molar-refractivity contribution is 0.0701. The largest absolute Gasteiger partial charge is 0.338 e. The fourth-order valence-corrected chi connectivity index (χ4v) is 3.77. The Hall–Kier alpha value is -2.70. The van der Waals surface area contributed by atoms with E-state index in [9.17, 15) is 14.4 Å². The van der Waals surface area contributed by atoms with Crippen LogP contribution in [0.4, 0.5) is 0 Å². The minimum absolute atomic E-state index is 0.0265. The summed E-state index contributed by atoms with van der Waals surface area (Å²) in [5.41, 5.74) is 0.438. The summed E-state index contributed by atoms with van der Waals surface area (Å²) in [5, 5.41) is 0. The van der Waals surface area contributed by atoms with Crippen molar-refractivity contribution >= 4 is 11.7 Å². The quantitative estimate of drug-likeness (QED) is 0.838. The zero-order valence-electron chi connectivity index (χ0n) is 16.3. The maximum atomic E-state index is 13.0. The molecule has 0 saturated carbocycles. The SMILES string of the molecule is CC(=O)c1cc(C(=O)N2CCC[C@@H](c3nccn3C(C)C)C2)c(=O)[nH]c1C. The van der Waals surface area contributed by atoms with Gasteiger partial charge in [0.25, 0.3) is 11.5 Å². The second-order valence-electron chi connectivity index (χ2n) is 7.48. The average Bonchev–Trinajstić information content (AvgIpc) is 3.11. The van der Waals surface area contributed by atoms with Gasteiger partial charge in [0.05, 0.1) is 0 Å². The number of ketones is 1. The molecule has 2 aromatic rings. The number of aryl methyl sites for hydroxylation is 1. The summed E-state index contributed by atoms with van der Waals surface area (Å²) in [5.74, 6) is 0.612. The van der Waals surface area contributed by atoms with Crippen LogP contribution in [0.1, 0.15) is 77.8 Å². The summed E-state index contributed by atoms with van der Waals surface area (Å²) >= 11 is 0. The first-order valence-corrected chi connectivity index (χ1v) is 9.36. The van der Waals surface area contributed by atoms with E-state index in [1.54, 1.807) is 18.0 Å². The smallest absolute Gasteiger partial charge is 0.261 e. The minimum Gasteiger partial charge on any atom is -0.338 e. The summed E-state index contributed by atoms with van der Waals surface area (Å²) in [7, 11) is 0. The van der Waals surface area contributed by atoms with E-state index in [0.29, 0.717) is 30.4 Å². The second-order valence-corrected chi connectivity index (χ2v) is 7.48. The fourth-order valence-electron chi connectivity index (χ4n) is 3.77. The number of aromatic amines is 1. The average molecular weight is 370 g/mol. The van der Waals surface area contributed by atoms with Crippen molar-refractivity contribution in [1.82, 2.24) is 19.4 Å². The van der Waals surface area contributed by atoms with Crippen LogP contribution in [0.15, 0.2) is 23.3 Å². The Bertz CT molecular complexity index is 926. The summed E-state index contributed by atoms with van der Waals surface area (Å²) in [4.78, 5) is 46.0. The van der Waals surface area contributed by atoms with Gasteiger partial charge in [-0.05, 0) is 46.6 Å². The molecule has 2 aromatic heterocycles. The molecule has 7 nitrogen and oxygen atoms in total. The van der Waals surface area contributed by atoms with E-state index in [0.717, 1.165) is 18.7 Å². The number of aromatic nitrogens is 3. The number of nitrogens with one attached hydrogen (secondary N) is 1. The van der Waals surface area contributed by atoms with Crippen molar-refractivity contribution in [2.75, 3.05) is 13.1 Å². The van der Waals surface area contributed by atoms with Gasteiger partial charge in [-0.3, -0.25) is 14.4 Å². The van der Waals surface area contributed by atoms with Crippen molar-refractivity contribution in [3.8, 4) is 0 Å². The van der Waals surface area contributed by atoms with Crippen LogP contribution in [-0.4, -0.2) is 44.2 Å². The van der Waals surface area contributed by atoms with Crippen molar-refractivity contribution in [1.29, 1.82) is 0 Å². The number of rotatable bonds is 4. The molecule has 0 bridgehead atoms. The predicted octanol–water partition coefficient (Wildman–Crippen LogP) is 2.68. The highest BCUT2D eigenvalue weighted by Gasteiger charge is 2.29. The molecule has 1 aliphatic rings. The number of imidazole rings is 1. The van der Waals surface area contributed by atoms with Crippen LogP contribution in [0.2, 0.25) is 0 Å². The highest BCUT2D eigenvalue weighted by atomic mass is 16.2. The third-order valence-corrected chi connectivity index (χ3v) is 5.18. The molecule has 0 radical (unpaired) electrons. The molecule has 3 rings (SSSR count). The van der Waals surface area contributed by atoms with E-state index in [-0.39, 0.29) is 23.2 Å². The molecule has 0 aromatic carbocycles. The first-order chi connectivity index (χ1) is 12.8. The van der Waals surface area contributed by atoms with Gasteiger partial charge in [-0.1, -0.05) is 0 Å². The molecule has 1 amide bonds. The maximum absolute atomic E-state index is 13.0. The number of Topliss-reactive ketones (excluding diaryl/α,β-unsaturated/α-hetero) is 1. The van der Waals surface area contributed by atoms with Crippen LogP contribution >= 0.6 is 0 Å². The summed E-state index contributed by atoms with van der Waals surface area (Å²) in [6.45, 7) is 8.41. The van der Waals surface area contributed by atoms with Gasteiger partial charge in [0.15, 0.2) is 5.78 Å². The number of amides is 1. The van der Waals surface area contributed by atoms with Crippen molar-refractivity contribution in [2.24, 2.45) is 0 Å².